The Morgan fingerprint density at radius 1 is 1.04 bits per heavy atom. The van der Waals surface area contributed by atoms with Gasteiger partial charge in [0.15, 0.2) is 0 Å². The summed E-state index contributed by atoms with van der Waals surface area (Å²) in [7, 11) is -3.86. The van der Waals surface area contributed by atoms with Crippen molar-refractivity contribution in [3.63, 3.8) is 0 Å². The van der Waals surface area contributed by atoms with Crippen LogP contribution in [0, 0.1) is 5.92 Å². The monoisotopic (exact) mass is 1110 g/mol. The summed E-state index contributed by atoms with van der Waals surface area (Å²) in [6.45, 7) is 4.99. The van der Waals surface area contributed by atoms with Gasteiger partial charge in [0.25, 0.3) is 0 Å². The van der Waals surface area contributed by atoms with Gasteiger partial charge in [0, 0.05) is 18.7 Å². The number of esters is 1. The van der Waals surface area contributed by atoms with Crippen molar-refractivity contribution in [2.75, 3.05) is 12.3 Å². The largest absolute Gasteiger partial charge is 0.481 e. The summed E-state index contributed by atoms with van der Waals surface area (Å²) >= 11 is 0. The first-order chi connectivity index (χ1) is 9.82. The zero-order valence-corrected chi connectivity index (χ0v) is 21.9. The van der Waals surface area contributed by atoms with Gasteiger partial charge in [-0.25, -0.2) is 0 Å². The van der Waals surface area contributed by atoms with Gasteiger partial charge in [-0.1, -0.05) is 0 Å². The van der Waals surface area contributed by atoms with Crippen molar-refractivity contribution >= 4 is 25.3 Å². The maximum Gasteiger partial charge on any atom is 0.307 e. The van der Waals surface area contributed by atoms with Gasteiger partial charge in [0.2, 0.25) is 7.37 Å². The van der Waals surface area contributed by atoms with Crippen LogP contribution in [-0.4, -0.2) is 50.9 Å². The molecule has 2 atom stereocenters. The predicted octanol–water partition coefficient (Wildman–Crippen LogP) is 1.55. The maximum atomic E-state index is 12.0. The van der Waals surface area contributed by atoms with E-state index in [0.29, 0.717) is 0 Å². The zero-order chi connectivity index (χ0) is 17.6. The van der Waals surface area contributed by atoms with E-state index in [1.807, 2.05) is 0 Å². The molecule has 0 aliphatic rings. The molecule has 0 aromatic heterocycles. The summed E-state index contributed by atoms with van der Waals surface area (Å²) in [6, 6.07) is 0. The summed E-state index contributed by atoms with van der Waals surface area (Å²) in [5.74, 6) is -4.37. The van der Waals surface area contributed by atoms with Gasteiger partial charge in [0.1, 0.15) is 5.60 Å². The fraction of sp³-hybridized carbons (Fsp3) is 0.769. The first-order valence-corrected chi connectivity index (χ1v) is 8.83. The Balaban J connectivity index is -0.000000735. The molecule has 2 unspecified atom stereocenters. The quantitative estimate of drug-likeness (QED) is 0.234. The van der Waals surface area contributed by atoms with E-state index in [1.54, 1.807) is 20.8 Å². The molecule has 0 aliphatic heterocycles. The second-order valence-corrected chi connectivity index (χ2v) is 8.56. The van der Waals surface area contributed by atoms with Crippen LogP contribution in [0.2, 0.25) is 0 Å². The van der Waals surface area contributed by atoms with Gasteiger partial charge in [-0.2, -0.15) is 0 Å². The fourth-order valence-electron chi connectivity index (χ4n) is 1.68. The number of carbonyl (C=O) groups is 3. The Bertz CT molecular complexity index is 478. The zero-order valence-electron chi connectivity index (χ0n) is 13.8. The van der Waals surface area contributed by atoms with Gasteiger partial charge in [0.05, 0.1) is 12.3 Å². The average molecular weight is 1110 g/mol. The average Bonchev–Trinajstić information content (AvgIpc) is 2.29. The number of carboxylic acid groups (broad SMARTS) is 2. The van der Waals surface area contributed by atoms with Crippen LogP contribution in [0.25, 0.3) is 0 Å². The molecule has 0 heterocycles. The van der Waals surface area contributed by atoms with E-state index >= 15 is 0 Å². The number of aliphatic carboxylic acids is 2. The van der Waals surface area contributed by atoms with E-state index < -0.39 is 55.5 Å². The second-order valence-electron chi connectivity index (χ2n) is 6.06. The van der Waals surface area contributed by atoms with E-state index in [9.17, 15) is 23.8 Å². The van der Waals surface area contributed by atoms with Gasteiger partial charge >= 0.3 is 17.9 Å². The standard InChI is InChI=1S/C13H23O8P.3Fm/c1-13(2,3)21-11(16)6-7-22(19,20)8-9(12(17)18)4-5-10(14)15;;;/h9H,4-8H2,1-3H3,(H,14,15)(H,17,18)(H,19,20);;;. The first-order valence-electron chi connectivity index (χ1n) is 6.80. The van der Waals surface area contributed by atoms with E-state index in [4.69, 9.17) is 14.9 Å². The molecule has 0 radical (unpaired) electrons. The SMILES string of the molecule is CC(C)(C)OC(=O)CCP(=O)(O)CC(CCC(=O)O)C(=O)O.[Fm].[Fm].[Fm]. The Morgan fingerprint density at radius 2 is 1.52 bits per heavy atom. The Hall–Kier alpha value is -4.40. The Labute approximate surface area is 128 Å². The number of rotatable bonds is 9. The molecule has 0 aromatic rings. The normalized spacial score (nSPS) is 13.8. The molecule has 25 heavy (non-hydrogen) atoms. The minimum absolute atomic E-state index is 0. The Kier molecular flexibility index (Phi) is 11.9. The number of ether oxygens (including phenoxy) is 1. The molecule has 164 valence electrons. The third-order valence-corrected chi connectivity index (χ3v) is 4.58. The van der Waals surface area contributed by atoms with Gasteiger partial charge in [-0.15, -0.1) is 0 Å². The molecular formula is C13H23Fm3O8P. The third-order valence-electron chi connectivity index (χ3n) is 2.65. The molecule has 0 rings (SSSR count). The third kappa shape index (κ3) is 14.3. The minimum atomic E-state index is -3.86. The maximum absolute atomic E-state index is 12.0. The number of hydrogen-bond acceptors (Lipinski definition) is 5. The van der Waals surface area contributed by atoms with Gasteiger partial charge in [-0.3, -0.25) is 18.9 Å². The van der Waals surface area contributed by atoms with E-state index in [2.05, 4.69) is 0 Å². The van der Waals surface area contributed by atoms with E-state index in [-0.39, 0.29) is 12.8 Å². The Morgan fingerprint density at radius 3 is 1.88 bits per heavy atom. The van der Waals surface area contributed by atoms with Gasteiger partial charge < -0.3 is 19.8 Å². The van der Waals surface area contributed by atoms with Crippen LogP contribution in [0.15, 0.2) is 0 Å². The smallest absolute Gasteiger partial charge is 0.307 e. The molecule has 0 spiro atoms. The molecule has 12 heteroatoms. The van der Waals surface area contributed by atoms with Crippen LogP contribution < -0.4 is 0 Å². The number of hydrogen-bond donors (Lipinski definition) is 3. The van der Waals surface area contributed by atoms with Crippen LogP contribution >= 0.6 is 7.37 Å². The summed E-state index contributed by atoms with van der Waals surface area (Å²) in [5, 5.41) is 17.5. The van der Waals surface area contributed by atoms with Crippen molar-refractivity contribution in [1.29, 1.82) is 0 Å². The molecule has 0 saturated heterocycles. The summed E-state index contributed by atoms with van der Waals surface area (Å²) in [5.41, 5.74) is -0.707. The number of carbonyl (C=O) groups excluding carboxylic acids is 1. The molecule has 0 amide bonds. The minimum Gasteiger partial charge on any atom is -0.481 e. The van der Waals surface area contributed by atoms with E-state index in [1.165, 1.54) is 0 Å². The van der Waals surface area contributed by atoms with Crippen molar-refractivity contribution in [1.82, 2.24) is 0 Å². The van der Waals surface area contributed by atoms with Crippen LogP contribution in [-0.2, 0) is 23.7 Å². The van der Waals surface area contributed by atoms with Crippen molar-refractivity contribution < 1.29 is 38.8 Å². The van der Waals surface area contributed by atoms with Gasteiger partial charge in [-0.05, 0) is 27.2 Å². The van der Waals surface area contributed by atoms with E-state index in [0.717, 1.165) is 0 Å². The van der Waals surface area contributed by atoms with Crippen molar-refractivity contribution in [3.05, 3.63) is 0 Å². The molecule has 0 bridgehead atoms. The predicted molar refractivity (Wildman–Crippen MR) is 78.0 cm³/mol. The topological polar surface area (TPSA) is 138 Å². The molecular weight excluding hydrogens is 1090 g/mol. The summed E-state index contributed by atoms with van der Waals surface area (Å²) < 4.78 is 17.0. The molecule has 0 aliphatic carbocycles. The van der Waals surface area contributed by atoms with Crippen LogP contribution in [0.3, 0.4) is 0 Å². The first kappa shape index (κ1) is 28.7. The van der Waals surface area contributed by atoms with Crippen LogP contribution in [0.1, 0.15) is 40.0 Å². The van der Waals surface area contributed by atoms with Crippen molar-refractivity contribution in [2.24, 2.45) is 5.92 Å². The fourth-order valence-corrected chi connectivity index (χ4v) is 3.43. The van der Waals surface area contributed by atoms with Crippen molar-refractivity contribution in [3.8, 4) is 0 Å². The number of carboxylic acids is 2. The summed E-state index contributed by atoms with van der Waals surface area (Å²) in [6.07, 6.45) is -1.88. The van der Waals surface area contributed by atoms with Crippen LogP contribution in [0.5, 0.6) is 0 Å². The summed E-state index contributed by atoms with van der Waals surface area (Å²) in [4.78, 5) is 42.7. The molecule has 0 saturated carbocycles. The molecule has 8 nitrogen and oxygen atoms in total. The van der Waals surface area contributed by atoms with Crippen LogP contribution in [0.4, 0.5) is 0 Å². The second kappa shape index (κ2) is 10.3. The molecule has 0 fully saturated rings. The van der Waals surface area contributed by atoms with Crippen molar-refractivity contribution in [2.45, 2.75) is 45.6 Å². The molecule has 0 aromatic carbocycles. The molecule has 3 N–H and O–H groups in total.